The molecule has 1 aromatic heterocycles. The van der Waals surface area contributed by atoms with E-state index < -0.39 is 5.97 Å². The predicted molar refractivity (Wildman–Crippen MR) is 74.2 cm³/mol. The summed E-state index contributed by atoms with van der Waals surface area (Å²) in [6.45, 7) is 1.99. The van der Waals surface area contributed by atoms with Crippen LogP contribution in [0.2, 0.25) is 0 Å². The quantitative estimate of drug-likeness (QED) is 0.927. The van der Waals surface area contributed by atoms with Gasteiger partial charge in [-0.15, -0.1) is 0 Å². The number of hydrogen-bond donors (Lipinski definition) is 1. The van der Waals surface area contributed by atoms with Gasteiger partial charge in [0.1, 0.15) is 5.03 Å². The lowest BCUT2D eigenvalue weighted by atomic mass is 10.2. The van der Waals surface area contributed by atoms with Gasteiger partial charge in [0, 0.05) is 15.6 Å². The Morgan fingerprint density at radius 1 is 1.39 bits per heavy atom. The highest BCUT2D eigenvalue weighted by Gasteiger charge is 2.14. The van der Waals surface area contributed by atoms with Crippen molar-refractivity contribution in [2.45, 2.75) is 16.8 Å². The van der Waals surface area contributed by atoms with Crippen LogP contribution in [0.25, 0.3) is 0 Å². The molecule has 0 radical (unpaired) electrons. The van der Waals surface area contributed by atoms with Crippen molar-refractivity contribution in [3.8, 4) is 0 Å². The number of aromatic carboxylic acids is 1. The van der Waals surface area contributed by atoms with E-state index in [1.165, 1.54) is 11.8 Å². The maximum Gasteiger partial charge on any atom is 0.338 e. The van der Waals surface area contributed by atoms with E-state index >= 15 is 0 Å². The van der Waals surface area contributed by atoms with Crippen LogP contribution in [0.5, 0.6) is 0 Å². The summed E-state index contributed by atoms with van der Waals surface area (Å²) in [6.07, 6.45) is 1.60. The maximum absolute atomic E-state index is 11.2. The zero-order chi connectivity index (χ0) is 13.1. The van der Waals surface area contributed by atoms with Gasteiger partial charge < -0.3 is 5.11 Å². The highest BCUT2D eigenvalue weighted by molar-refractivity contribution is 9.10. The first-order chi connectivity index (χ1) is 8.58. The van der Waals surface area contributed by atoms with Crippen LogP contribution in [0, 0.1) is 6.92 Å². The van der Waals surface area contributed by atoms with Gasteiger partial charge in [-0.1, -0.05) is 30.0 Å². The Hall–Kier alpha value is -1.33. The second-order valence-corrected chi connectivity index (χ2v) is 5.63. The summed E-state index contributed by atoms with van der Waals surface area (Å²) in [5, 5.41) is 9.66. The van der Waals surface area contributed by atoms with Crippen molar-refractivity contribution in [1.29, 1.82) is 0 Å². The molecule has 2 aromatic rings. The maximum atomic E-state index is 11.2. The normalized spacial score (nSPS) is 10.3. The minimum atomic E-state index is -0.972. The number of nitrogens with zero attached hydrogens (tertiary/aromatic N) is 1. The molecule has 0 atom stereocenters. The minimum Gasteiger partial charge on any atom is -0.478 e. The van der Waals surface area contributed by atoms with Gasteiger partial charge in [-0.3, -0.25) is 0 Å². The molecule has 0 saturated heterocycles. The van der Waals surface area contributed by atoms with Crippen molar-refractivity contribution in [2.24, 2.45) is 0 Å². The SMILES string of the molecule is Cc1ccccc1Sc1ncc(Br)cc1C(=O)O. The van der Waals surface area contributed by atoms with Crippen LogP contribution in [0.15, 0.2) is 50.9 Å². The predicted octanol–water partition coefficient (Wildman–Crippen LogP) is 4.00. The van der Waals surface area contributed by atoms with Crippen molar-refractivity contribution in [3.63, 3.8) is 0 Å². The van der Waals surface area contributed by atoms with Gasteiger partial charge in [0.15, 0.2) is 0 Å². The third-order valence-electron chi connectivity index (χ3n) is 2.35. The van der Waals surface area contributed by atoms with Gasteiger partial charge in [-0.25, -0.2) is 9.78 Å². The molecule has 2 rings (SSSR count). The highest BCUT2D eigenvalue weighted by Crippen LogP contribution is 2.31. The van der Waals surface area contributed by atoms with E-state index in [-0.39, 0.29) is 5.56 Å². The van der Waals surface area contributed by atoms with Gasteiger partial charge in [0.25, 0.3) is 0 Å². The Morgan fingerprint density at radius 2 is 2.11 bits per heavy atom. The molecule has 0 amide bonds. The number of benzene rings is 1. The Morgan fingerprint density at radius 3 is 2.78 bits per heavy atom. The van der Waals surface area contributed by atoms with E-state index in [1.54, 1.807) is 12.3 Å². The summed E-state index contributed by atoms with van der Waals surface area (Å²) >= 11 is 4.59. The average molecular weight is 324 g/mol. The third-order valence-corrected chi connectivity index (χ3v) is 3.98. The zero-order valence-electron chi connectivity index (χ0n) is 9.55. The molecule has 0 aliphatic heterocycles. The number of halogens is 1. The molecule has 18 heavy (non-hydrogen) atoms. The molecule has 1 aromatic carbocycles. The first kappa shape index (κ1) is 13.1. The largest absolute Gasteiger partial charge is 0.478 e. The van der Waals surface area contributed by atoms with Gasteiger partial charge >= 0.3 is 5.97 Å². The second kappa shape index (κ2) is 5.54. The van der Waals surface area contributed by atoms with E-state index in [0.29, 0.717) is 9.50 Å². The molecule has 5 heteroatoms. The van der Waals surface area contributed by atoms with Crippen LogP contribution in [0.1, 0.15) is 15.9 Å². The summed E-state index contributed by atoms with van der Waals surface area (Å²) in [5.74, 6) is -0.972. The molecule has 92 valence electrons. The molecule has 0 aliphatic carbocycles. The van der Waals surface area contributed by atoms with Crippen LogP contribution < -0.4 is 0 Å². The van der Waals surface area contributed by atoms with E-state index in [0.717, 1.165) is 10.5 Å². The number of aromatic nitrogens is 1. The fourth-order valence-corrected chi connectivity index (χ4v) is 2.71. The van der Waals surface area contributed by atoms with Crippen LogP contribution in [-0.4, -0.2) is 16.1 Å². The molecule has 3 nitrogen and oxygen atoms in total. The Kier molecular flexibility index (Phi) is 4.04. The molecule has 0 aliphatic rings. The number of carboxylic acids is 1. The number of carbonyl (C=O) groups is 1. The van der Waals surface area contributed by atoms with Crippen LogP contribution in [0.3, 0.4) is 0 Å². The standard InChI is InChI=1S/C13H10BrNO2S/c1-8-4-2-3-5-11(8)18-12-10(13(16)17)6-9(14)7-15-12/h2-7H,1H3,(H,16,17). The topological polar surface area (TPSA) is 50.2 Å². The van der Waals surface area contributed by atoms with Gasteiger partial charge in [0.05, 0.1) is 5.56 Å². The van der Waals surface area contributed by atoms with E-state index in [1.807, 2.05) is 31.2 Å². The Labute approximate surface area is 117 Å². The lowest BCUT2D eigenvalue weighted by molar-refractivity contribution is 0.0692. The summed E-state index contributed by atoms with van der Waals surface area (Å²) in [5.41, 5.74) is 1.31. The molecule has 0 fully saturated rings. The Bertz CT molecular complexity index is 601. The molecule has 1 heterocycles. The fourth-order valence-electron chi connectivity index (χ4n) is 1.44. The number of aryl methyl sites for hydroxylation is 1. The number of carboxylic acid groups (broad SMARTS) is 1. The molecular weight excluding hydrogens is 314 g/mol. The summed E-state index contributed by atoms with van der Waals surface area (Å²) in [4.78, 5) is 16.4. The molecule has 0 unspecified atom stereocenters. The monoisotopic (exact) mass is 323 g/mol. The van der Waals surface area contributed by atoms with E-state index in [2.05, 4.69) is 20.9 Å². The number of pyridine rings is 1. The van der Waals surface area contributed by atoms with Crippen molar-refractivity contribution in [2.75, 3.05) is 0 Å². The summed E-state index contributed by atoms with van der Waals surface area (Å²) in [6, 6.07) is 9.38. The molecule has 0 saturated carbocycles. The van der Waals surface area contributed by atoms with Crippen molar-refractivity contribution < 1.29 is 9.90 Å². The lowest BCUT2D eigenvalue weighted by Gasteiger charge is -2.07. The zero-order valence-corrected chi connectivity index (χ0v) is 12.0. The highest BCUT2D eigenvalue weighted by atomic mass is 79.9. The van der Waals surface area contributed by atoms with Crippen LogP contribution in [0.4, 0.5) is 0 Å². The third kappa shape index (κ3) is 2.91. The molecular formula is C13H10BrNO2S. The van der Waals surface area contributed by atoms with Crippen molar-refractivity contribution in [3.05, 3.63) is 52.1 Å². The van der Waals surface area contributed by atoms with E-state index in [9.17, 15) is 4.79 Å². The van der Waals surface area contributed by atoms with Gasteiger partial charge in [-0.05, 0) is 40.5 Å². The van der Waals surface area contributed by atoms with Crippen LogP contribution in [-0.2, 0) is 0 Å². The summed E-state index contributed by atoms with van der Waals surface area (Å²) < 4.78 is 0.661. The molecule has 0 bridgehead atoms. The second-order valence-electron chi connectivity index (χ2n) is 3.68. The van der Waals surface area contributed by atoms with Gasteiger partial charge in [0.2, 0.25) is 0 Å². The molecule has 1 N–H and O–H groups in total. The number of hydrogen-bond acceptors (Lipinski definition) is 3. The first-order valence-electron chi connectivity index (χ1n) is 5.20. The smallest absolute Gasteiger partial charge is 0.338 e. The van der Waals surface area contributed by atoms with E-state index in [4.69, 9.17) is 5.11 Å². The lowest BCUT2D eigenvalue weighted by Crippen LogP contribution is -2.00. The minimum absolute atomic E-state index is 0.206. The molecule has 0 spiro atoms. The Balaban J connectivity index is 2.41. The van der Waals surface area contributed by atoms with Crippen LogP contribution >= 0.6 is 27.7 Å². The summed E-state index contributed by atoms with van der Waals surface area (Å²) in [7, 11) is 0. The number of rotatable bonds is 3. The average Bonchev–Trinajstić information content (AvgIpc) is 2.34. The first-order valence-corrected chi connectivity index (χ1v) is 6.81. The van der Waals surface area contributed by atoms with Crippen molar-refractivity contribution >= 4 is 33.7 Å². The van der Waals surface area contributed by atoms with Gasteiger partial charge in [-0.2, -0.15) is 0 Å². The van der Waals surface area contributed by atoms with Crippen molar-refractivity contribution in [1.82, 2.24) is 4.98 Å². The fraction of sp³-hybridized carbons (Fsp3) is 0.0769.